The first-order valence-corrected chi connectivity index (χ1v) is 12.8. The van der Waals surface area contributed by atoms with Crippen molar-refractivity contribution in [2.24, 2.45) is 0 Å². The molecule has 0 unspecified atom stereocenters. The normalized spacial score (nSPS) is 9.83. The third-order valence-electron chi connectivity index (χ3n) is 6.13. The van der Waals surface area contributed by atoms with Crippen LogP contribution >= 0.6 is 12.4 Å². The lowest BCUT2D eigenvalue weighted by Gasteiger charge is -2.11. The zero-order chi connectivity index (χ0) is 28.2. The summed E-state index contributed by atoms with van der Waals surface area (Å²) >= 11 is 0. The van der Waals surface area contributed by atoms with Crippen LogP contribution in [-0.2, 0) is 19.6 Å². The summed E-state index contributed by atoms with van der Waals surface area (Å²) in [5, 5.41) is 19.9. The lowest BCUT2D eigenvalue weighted by molar-refractivity contribution is 0.755. The van der Waals surface area contributed by atoms with Crippen LogP contribution in [0.5, 0.6) is 0 Å². The first-order valence-electron chi connectivity index (χ1n) is 12.8. The molecule has 0 saturated carbocycles. The molecule has 5 aromatic rings. The molecule has 0 bridgehead atoms. The van der Waals surface area contributed by atoms with Gasteiger partial charge in [0.1, 0.15) is 17.5 Å². The van der Waals surface area contributed by atoms with Gasteiger partial charge >= 0.3 is 0 Å². The number of nitriles is 1. The van der Waals surface area contributed by atoms with Gasteiger partial charge < -0.3 is 14.5 Å². The van der Waals surface area contributed by atoms with Gasteiger partial charge in [-0.05, 0) is 41.0 Å². The highest BCUT2D eigenvalue weighted by atomic mass is 35.5. The summed E-state index contributed by atoms with van der Waals surface area (Å²) in [6.45, 7) is 1.52. The van der Waals surface area contributed by atoms with Crippen LogP contribution in [0.4, 0.5) is 0 Å². The van der Waals surface area contributed by atoms with E-state index in [2.05, 4.69) is 5.32 Å². The minimum atomic E-state index is -0.242. The van der Waals surface area contributed by atoms with Gasteiger partial charge in [0, 0.05) is 18.9 Å². The Balaban J connectivity index is 0.000000238. The second-order valence-electron chi connectivity index (χ2n) is 9.01. The summed E-state index contributed by atoms with van der Waals surface area (Å²) in [6, 6.07) is 38.0. The maximum absolute atomic E-state index is 12.6. The van der Waals surface area contributed by atoms with Crippen LogP contribution in [0.1, 0.15) is 27.8 Å². The quantitative estimate of drug-likeness (QED) is 0.210. The Labute approximate surface area is 244 Å². The molecule has 0 radical (unpaired) electrons. The van der Waals surface area contributed by atoms with Crippen LogP contribution in [0.3, 0.4) is 0 Å². The topological polar surface area (TPSA) is 104 Å². The summed E-state index contributed by atoms with van der Waals surface area (Å²) < 4.78 is 3.16. The average Bonchev–Trinajstić information content (AvgIpc) is 3.00. The second-order valence-corrected chi connectivity index (χ2v) is 9.01. The Morgan fingerprint density at radius 2 is 1.12 bits per heavy atom. The minimum absolute atomic E-state index is 0. The Kier molecular flexibility index (Phi) is 11.4. The van der Waals surface area contributed by atoms with Crippen LogP contribution in [0.2, 0.25) is 0 Å². The molecule has 206 valence electrons. The van der Waals surface area contributed by atoms with E-state index in [1.54, 1.807) is 35.2 Å². The largest absolute Gasteiger partial charge is 0.366 e. The lowest BCUT2D eigenvalue weighted by atomic mass is 10.2. The van der Waals surface area contributed by atoms with Crippen molar-refractivity contribution in [3.05, 3.63) is 176 Å². The van der Waals surface area contributed by atoms with Gasteiger partial charge in [0.05, 0.1) is 18.7 Å². The maximum Gasteiger partial charge on any atom is 0.268 e. The third kappa shape index (κ3) is 8.65. The number of nitrogens with zero attached hydrogens (tertiary/aromatic N) is 3. The predicted octanol–water partition coefficient (Wildman–Crippen LogP) is 5.20. The van der Waals surface area contributed by atoms with Crippen molar-refractivity contribution in [3.8, 4) is 6.07 Å². The molecular formula is C33H30ClN5O2. The van der Waals surface area contributed by atoms with Crippen LogP contribution in [-0.4, -0.2) is 15.0 Å². The van der Waals surface area contributed by atoms with Gasteiger partial charge in [-0.15, -0.1) is 12.4 Å². The fourth-order valence-corrected chi connectivity index (χ4v) is 4.04. The van der Waals surface area contributed by atoms with E-state index in [9.17, 15) is 9.59 Å². The number of halogens is 1. The fraction of sp³-hybridized carbons (Fsp3) is 0.0909. The molecule has 0 saturated heterocycles. The molecule has 0 fully saturated rings. The number of aromatic nitrogens is 2. The van der Waals surface area contributed by atoms with E-state index in [1.165, 1.54) is 10.6 Å². The minimum Gasteiger partial charge on any atom is -0.366 e. The van der Waals surface area contributed by atoms with Gasteiger partial charge in [0.15, 0.2) is 0 Å². The van der Waals surface area contributed by atoms with E-state index in [-0.39, 0.29) is 34.9 Å². The molecule has 0 spiro atoms. The highest BCUT2D eigenvalue weighted by molar-refractivity contribution is 5.95. The fourth-order valence-electron chi connectivity index (χ4n) is 4.04. The molecule has 7 nitrogen and oxygen atoms in total. The van der Waals surface area contributed by atoms with Gasteiger partial charge in [0.2, 0.25) is 0 Å². The Hall–Kier alpha value is -5.19. The molecule has 0 atom stereocenters. The predicted molar refractivity (Wildman–Crippen MR) is 165 cm³/mol. The Morgan fingerprint density at radius 3 is 1.63 bits per heavy atom. The molecule has 2 aromatic heterocycles. The summed E-state index contributed by atoms with van der Waals surface area (Å²) in [6.07, 6.45) is 3.44. The van der Waals surface area contributed by atoms with Crippen molar-refractivity contribution < 1.29 is 0 Å². The van der Waals surface area contributed by atoms with Gasteiger partial charge in [-0.3, -0.25) is 15.0 Å². The van der Waals surface area contributed by atoms with Crippen molar-refractivity contribution in [3.63, 3.8) is 0 Å². The van der Waals surface area contributed by atoms with Gasteiger partial charge in [-0.1, -0.05) is 91.0 Å². The lowest BCUT2D eigenvalue weighted by Crippen LogP contribution is -2.32. The molecule has 8 heteroatoms. The first-order chi connectivity index (χ1) is 19.5. The second kappa shape index (κ2) is 15.4. The van der Waals surface area contributed by atoms with E-state index in [0.29, 0.717) is 25.2 Å². The SMILES string of the molecule is Cl.N#Cc1cccn(Cc2ccccc2)c1=O.N=C(NCc1ccccc1)c1cccn(Cc2ccccc2)c1=O. The molecular weight excluding hydrogens is 534 g/mol. The maximum atomic E-state index is 12.6. The van der Waals surface area contributed by atoms with Crippen molar-refractivity contribution in [1.29, 1.82) is 10.7 Å². The van der Waals surface area contributed by atoms with Crippen LogP contribution in [0.25, 0.3) is 0 Å². The van der Waals surface area contributed by atoms with Gasteiger partial charge in [0.25, 0.3) is 11.1 Å². The van der Waals surface area contributed by atoms with E-state index in [4.69, 9.17) is 10.7 Å². The molecule has 2 heterocycles. The molecule has 0 aliphatic heterocycles. The number of hydrogen-bond acceptors (Lipinski definition) is 4. The number of hydrogen-bond donors (Lipinski definition) is 2. The summed E-state index contributed by atoms with van der Waals surface area (Å²) in [5.74, 6) is 0.145. The zero-order valence-electron chi connectivity index (χ0n) is 22.3. The van der Waals surface area contributed by atoms with Crippen LogP contribution < -0.4 is 16.4 Å². The molecule has 0 aliphatic carbocycles. The van der Waals surface area contributed by atoms with Crippen molar-refractivity contribution in [1.82, 2.24) is 14.5 Å². The van der Waals surface area contributed by atoms with Crippen molar-refractivity contribution in [2.45, 2.75) is 19.6 Å². The number of rotatable bonds is 7. The molecule has 0 amide bonds. The number of nitrogens with one attached hydrogen (secondary N) is 2. The molecule has 41 heavy (non-hydrogen) atoms. The summed E-state index contributed by atoms with van der Waals surface area (Å²) in [5.41, 5.74) is 3.33. The van der Waals surface area contributed by atoms with E-state index >= 15 is 0 Å². The number of benzene rings is 3. The number of pyridine rings is 2. The standard InChI is InChI=1S/C20H19N3O.C13H10N2O.ClH/c21-19(22-14-16-8-3-1-4-9-16)18-12-7-13-23(20(18)24)15-17-10-5-2-6-11-17;14-9-12-7-4-8-15(13(12)16)10-11-5-2-1-3-6-11;/h1-13H,14-15H2,(H2,21,22);1-8H,10H2;1H. The first kappa shape index (κ1) is 30.4. The van der Waals surface area contributed by atoms with Crippen molar-refractivity contribution in [2.75, 3.05) is 0 Å². The van der Waals surface area contributed by atoms with Crippen molar-refractivity contribution >= 4 is 18.2 Å². The highest BCUT2D eigenvalue weighted by Gasteiger charge is 2.09. The zero-order valence-corrected chi connectivity index (χ0v) is 23.1. The molecule has 3 aromatic carbocycles. The Bertz CT molecular complexity index is 1710. The third-order valence-corrected chi connectivity index (χ3v) is 6.13. The van der Waals surface area contributed by atoms with Gasteiger partial charge in [-0.25, -0.2) is 0 Å². The molecule has 5 rings (SSSR count). The average molecular weight is 564 g/mol. The monoisotopic (exact) mass is 563 g/mol. The summed E-state index contributed by atoms with van der Waals surface area (Å²) in [7, 11) is 0. The van der Waals surface area contributed by atoms with E-state index < -0.39 is 0 Å². The van der Waals surface area contributed by atoms with Gasteiger partial charge in [-0.2, -0.15) is 5.26 Å². The number of amidine groups is 1. The van der Waals surface area contributed by atoms with Crippen LogP contribution in [0, 0.1) is 16.7 Å². The smallest absolute Gasteiger partial charge is 0.268 e. The van der Waals surface area contributed by atoms with Crippen LogP contribution in [0.15, 0.2) is 137 Å². The van der Waals surface area contributed by atoms with E-state index in [0.717, 1.165) is 16.7 Å². The summed E-state index contributed by atoms with van der Waals surface area (Å²) in [4.78, 5) is 24.4. The molecule has 2 N–H and O–H groups in total. The van der Waals surface area contributed by atoms with E-state index in [1.807, 2.05) is 97.1 Å². The highest BCUT2D eigenvalue weighted by Crippen LogP contribution is 2.03. The Morgan fingerprint density at radius 1 is 0.659 bits per heavy atom. The molecule has 0 aliphatic rings.